The molecule has 17 heavy (non-hydrogen) atoms. The lowest BCUT2D eigenvalue weighted by atomic mass is 9.88. The fourth-order valence-electron chi connectivity index (χ4n) is 2.68. The molecular formula is C14H16FN2. The second-order valence-corrected chi connectivity index (χ2v) is 4.93. The fraction of sp³-hybridized carbons (Fsp3) is 0.500. The summed E-state index contributed by atoms with van der Waals surface area (Å²) in [6.07, 6.45) is 4.77. The van der Waals surface area contributed by atoms with Crippen molar-refractivity contribution in [1.82, 2.24) is 9.55 Å². The minimum Gasteiger partial charge on any atom is -0.330 e. The van der Waals surface area contributed by atoms with Crippen LogP contribution in [0.5, 0.6) is 0 Å². The third-order valence-corrected chi connectivity index (χ3v) is 3.70. The van der Waals surface area contributed by atoms with E-state index in [2.05, 4.69) is 15.6 Å². The topological polar surface area (TPSA) is 17.8 Å². The number of nitrogens with zero attached hydrogens (tertiary/aromatic N) is 2. The van der Waals surface area contributed by atoms with Gasteiger partial charge >= 0.3 is 0 Å². The number of hydrogen-bond donors (Lipinski definition) is 0. The zero-order valence-corrected chi connectivity index (χ0v) is 9.77. The van der Waals surface area contributed by atoms with E-state index in [0.29, 0.717) is 5.92 Å². The molecule has 0 aliphatic heterocycles. The molecule has 3 rings (SSSR count). The molecule has 1 aromatic heterocycles. The lowest BCUT2D eigenvalue weighted by Crippen LogP contribution is -2.19. The largest absolute Gasteiger partial charge is 0.330 e. The number of alkyl halides is 1. The fourth-order valence-corrected chi connectivity index (χ4v) is 2.68. The molecule has 0 saturated heterocycles. The Morgan fingerprint density at radius 3 is 3.00 bits per heavy atom. The SMILES string of the molecule is FC1CCC(Cn2cnc3c[c]ccc32)CC1. The first kappa shape index (κ1) is 10.8. The summed E-state index contributed by atoms with van der Waals surface area (Å²) < 4.78 is 15.3. The van der Waals surface area contributed by atoms with E-state index in [1.54, 1.807) is 0 Å². The van der Waals surface area contributed by atoms with Crippen molar-refractivity contribution in [2.45, 2.75) is 38.4 Å². The van der Waals surface area contributed by atoms with Crippen molar-refractivity contribution in [2.75, 3.05) is 0 Å². The summed E-state index contributed by atoms with van der Waals surface area (Å²) in [6, 6.07) is 8.90. The number of halogens is 1. The molecule has 89 valence electrons. The van der Waals surface area contributed by atoms with Gasteiger partial charge in [0, 0.05) is 6.54 Å². The third kappa shape index (κ3) is 2.19. The summed E-state index contributed by atoms with van der Waals surface area (Å²) in [4.78, 5) is 4.36. The van der Waals surface area contributed by atoms with Crippen LogP contribution in [0.25, 0.3) is 11.0 Å². The van der Waals surface area contributed by atoms with Gasteiger partial charge in [-0.15, -0.1) is 0 Å². The van der Waals surface area contributed by atoms with Crippen molar-refractivity contribution in [3.05, 3.63) is 30.6 Å². The first-order valence-electron chi connectivity index (χ1n) is 6.28. The maximum atomic E-state index is 13.1. The Balaban J connectivity index is 1.76. The predicted octanol–water partition coefficient (Wildman–Crippen LogP) is 3.36. The normalized spacial score (nSPS) is 25.2. The zero-order chi connectivity index (χ0) is 11.7. The van der Waals surface area contributed by atoms with Crippen molar-refractivity contribution >= 4 is 11.0 Å². The second kappa shape index (κ2) is 4.47. The van der Waals surface area contributed by atoms with Crippen LogP contribution in [0.3, 0.4) is 0 Å². The number of fused-ring (bicyclic) bond motifs is 1. The molecule has 0 N–H and O–H groups in total. The highest BCUT2D eigenvalue weighted by Gasteiger charge is 2.21. The molecular weight excluding hydrogens is 215 g/mol. The summed E-state index contributed by atoms with van der Waals surface area (Å²) in [5.41, 5.74) is 2.15. The van der Waals surface area contributed by atoms with E-state index in [0.717, 1.165) is 43.3 Å². The first-order chi connectivity index (χ1) is 8.33. The van der Waals surface area contributed by atoms with E-state index in [4.69, 9.17) is 0 Å². The molecule has 1 heterocycles. The van der Waals surface area contributed by atoms with Crippen molar-refractivity contribution in [2.24, 2.45) is 5.92 Å². The van der Waals surface area contributed by atoms with Gasteiger partial charge in [-0.25, -0.2) is 9.37 Å². The van der Waals surface area contributed by atoms with E-state index < -0.39 is 6.17 Å². The van der Waals surface area contributed by atoms with Crippen LogP contribution in [-0.4, -0.2) is 15.7 Å². The Kier molecular flexibility index (Phi) is 2.83. The maximum Gasteiger partial charge on any atom is 0.100 e. The molecule has 0 spiro atoms. The molecule has 0 amide bonds. The molecule has 0 bridgehead atoms. The minimum absolute atomic E-state index is 0.569. The van der Waals surface area contributed by atoms with Gasteiger partial charge < -0.3 is 4.57 Å². The van der Waals surface area contributed by atoms with Gasteiger partial charge in [-0.05, 0) is 49.8 Å². The highest BCUT2D eigenvalue weighted by Crippen LogP contribution is 2.28. The van der Waals surface area contributed by atoms with Gasteiger partial charge in [0.1, 0.15) is 6.17 Å². The van der Waals surface area contributed by atoms with Crippen molar-refractivity contribution in [3.8, 4) is 0 Å². The average Bonchev–Trinajstić information content (AvgIpc) is 2.76. The highest BCUT2D eigenvalue weighted by atomic mass is 19.1. The molecule has 2 aromatic rings. The Hall–Kier alpha value is -1.38. The molecule has 2 nitrogen and oxygen atoms in total. The lowest BCUT2D eigenvalue weighted by Gasteiger charge is -2.24. The monoisotopic (exact) mass is 231 g/mol. The Bertz CT molecular complexity index is 498. The first-order valence-corrected chi connectivity index (χ1v) is 6.28. The Morgan fingerprint density at radius 1 is 1.35 bits per heavy atom. The van der Waals surface area contributed by atoms with Crippen molar-refractivity contribution in [3.63, 3.8) is 0 Å². The van der Waals surface area contributed by atoms with Gasteiger partial charge in [-0.3, -0.25) is 0 Å². The van der Waals surface area contributed by atoms with E-state index in [1.165, 1.54) is 0 Å². The van der Waals surface area contributed by atoms with Crippen LogP contribution in [0.2, 0.25) is 0 Å². The lowest BCUT2D eigenvalue weighted by molar-refractivity contribution is 0.196. The van der Waals surface area contributed by atoms with Gasteiger partial charge in [0.2, 0.25) is 0 Å². The highest BCUT2D eigenvalue weighted by molar-refractivity contribution is 5.74. The van der Waals surface area contributed by atoms with Gasteiger partial charge in [0.15, 0.2) is 0 Å². The summed E-state index contributed by atoms with van der Waals surface area (Å²) >= 11 is 0. The number of benzene rings is 1. The maximum absolute atomic E-state index is 13.1. The summed E-state index contributed by atoms with van der Waals surface area (Å²) in [5, 5.41) is 0. The van der Waals surface area contributed by atoms with Crippen LogP contribution >= 0.6 is 0 Å². The van der Waals surface area contributed by atoms with E-state index >= 15 is 0 Å². The molecule has 1 saturated carbocycles. The van der Waals surface area contributed by atoms with E-state index in [-0.39, 0.29) is 0 Å². The zero-order valence-electron chi connectivity index (χ0n) is 9.77. The van der Waals surface area contributed by atoms with Crippen LogP contribution < -0.4 is 0 Å². The molecule has 1 aliphatic rings. The number of aromatic nitrogens is 2. The summed E-state index contributed by atoms with van der Waals surface area (Å²) in [5.74, 6) is 0.601. The molecule has 1 aromatic carbocycles. The molecule has 1 radical (unpaired) electrons. The van der Waals surface area contributed by atoms with Gasteiger partial charge in [-0.1, -0.05) is 6.07 Å². The third-order valence-electron chi connectivity index (χ3n) is 3.70. The quantitative estimate of drug-likeness (QED) is 0.775. The molecule has 0 atom stereocenters. The van der Waals surface area contributed by atoms with Gasteiger partial charge in [0.25, 0.3) is 0 Å². The number of rotatable bonds is 2. The second-order valence-electron chi connectivity index (χ2n) is 4.93. The van der Waals surface area contributed by atoms with Crippen LogP contribution in [0, 0.1) is 12.0 Å². The standard InChI is InChI=1S/C14H16FN2/c15-12-7-5-11(6-8-12)9-17-10-16-13-3-1-2-4-14(13)17/h2-4,10-12H,5-9H2. The van der Waals surface area contributed by atoms with Crippen LogP contribution in [0.4, 0.5) is 4.39 Å². The molecule has 0 unspecified atom stereocenters. The van der Waals surface area contributed by atoms with Crippen LogP contribution in [-0.2, 0) is 6.54 Å². The molecule has 3 heteroatoms. The van der Waals surface area contributed by atoms with Crippen molar-refractivity contribution in [1.29, 1.82) is 0 Å². The smallest absolute Gasteiger partial charge is 0.100 e. The number of imidazole rings is 1. The summed E-state index contributed by atoms with van der Waals surface area (Å²) in [7, 11) is 0. The summed E-state index contributed by atoms with van der Waals surface area (Å²) in [6.45, 7) is 0.966. The van der Waals surface area contributed by atoms with E-state index in [9.17, 15) is 4.39 Å². The average molecular weight is 231 g/mol. The van der Waals surface area contributed by atoms with E-state index in [1.807, 2.05) is 24.5 Å². The number of hydrogen-bond acceptors (Lipinski definition) is 1. The Labute approximate surface area is 100 Å². The van der Waals surface area contributed by atoms with Gasteiger partial charge in [-0.2, -0.15) is 0 Å². The van der Waals surface area contributed by atoms with Crippen LogP contribution in [0.15, 0.2) is 24.5 Å². The molecule has 1 fully saturated rings. The predicted molar refractivity (Wildman–Crippen MR) is 65.4 cm³/mol. The molecule has 1 aliphatic carbocycles. The van der Waals surface area contributed by atoms with Crippen molar-refractivity contribution < 1.29 is 4.39 Å². The van der Waals surface area contributed by atoms with Crippen LogP contribution in [0.1, 0.15) is 25.7 Å². The van der Waals surface area contributed by atoms with Gasteiger partial charge in [0.05, 0.1) is 17.4 Å². The Morgan fingerprint density at radius 2 is 2.18 bits per heavy atom. The minimum atomic E-state index is -0.569.